The molecule has 2 aromatic rings. The number of hydrogen-bond donors (Lipinski definition) is 2. The van der Waals surface area contributed by atoms with Crippen LogP contribution in [0.25, 0.3) is 11.1 Å². The number of carboxylic acids is 1. The number of fused-ring (bicyclic) bond motifs is 1. The summed E-state index contributed by atoms with van der Waals surface area (Å²) in [6, 6.07) is 8.29. The topological polar surface area (TPSA) is 76.9 Å². The molecule has 0 aromatic heterocycles. The first kappa shape index (κ1) is 25.2. The van der Waals surface area contributed by atoms with Gasteiger partial charge in [0.15, 0.2) is 12.1 Å². The monoisotopic (exact) mass is 477 g/mol. The second-order valence-electron chi connectivity index (χ2n) is 11.0. The van der Waals surface area contributed by atoms with Gasteiger partial charge in [0.05, 0.1) is 5.60 Å². The van der Waals surface area contributed by atoms with Crippen LogP contribution in [0.4, 0.5) is 0 Å². The van der Waals surface area contributed by atoms with Crippen LogP contribution in [0.2, 0.25) is 0 Å². The van der Waals surface area contributed by atoms with Gasteiger partial charge in [0.25, 0.3) is 0 Å². The van der Waals surface area contributed by atoms with Crippen molar-refractivity contribution in [1.82, 2.24) is 9.80 Å². The quantitative estimate of drug-likeness (QED) is 0.420. The maximum atomic E-state index is 12.6. The highest BCUT2D eigenvalue weighted by Crippen LogP contribution is 2.43. The average molecular weight is 478 g/mol. The fourth-order valence-electron chi connectivity index (χ4n) is 5.48. The number of likely N-dealkylation sites (tertiary alicyclic amines) is 1. The van der Waals surface area contributed by atoms with Crippen molar-refractivity contribution in [3.05, 3.63) is 57.6 Å². The molecule has 2 N–H and O–H groups in total. The normalized spacial score (nSPS) is 16.9. The zero-order valence-corrected chi connectivity index (χ0v) is 22.0. The van der Waals surface area contributed by atoms with Gasteiger partial charge in [0.2, 0.25) is 0 Å². The Labute approximate surface area is 209 Å². The largest absolute Gasteiger partial charge is 0.479 e. The minimum absolute atomic E-state index is 0.582. The number of ether oxygens (including phenoxy) is 1. The minimum Gasteiger partial charge on any atom is -0.479 e. The van der Waals surface area contributed by atoms with Gasteiger partial charge in [-0.3, -0.25) is 5.41 Å². The number of carboxylic acid groups (broad SMARTS) is 1. The molecule has 35 heavy (non-hydrogen) atoms. The van der Waals surface area contributed by atoms with E-state index in [4.69, 9.17) is 10.1 Å². The number of nitrogens with zero attached hydrogens (tertiary/aromatic N) is 2. The Morgan fingerprint density at radius 1 is 0.943 bits per heavy atom. The van der Waals surface area contributed by atoms with Crippen molar-refractivity contribution >= 4 is 11.9 Å². The lowest BCUT2D eigenvalue weighted by molar-refractivity contribution is -0.160. The molecule has 0 saturated carbocycles. The number of nitrogens with one attached hydrogen (secondary N) is 1. The Kier molecular flexibility index (Phi) is 6.96. The molecule has 0 radical (unpaired) electrons. The number of hydrogen-bond acceptors (Lipinski definition) is 3. The lowest BCUT2D eigenvalue weighted by Gasteiger charge is -2.33. The highest BCUT2D eigenvalue weighted by Gasteiger charge is 2.36. The molecule has 188 valence electrons. The first-order valence-corrected chi connectivity index (χ1v) is 12.7. The molecule has 0 amide bonds. The maximum Gasteiger partial charge on any atom is 0.337 e. The summed E-state index contributed by atoms with van der Waals surface area (Å²) in [6.07, 6.45) is 2.42. The van der Waals surface area contributed by atoms with Gasteiger partial charge in [-0.05, 0) is 94.2 Å². The van der Waals surface area contributed by atoms with Crippen LogP contribution in [0.15, 0.2) is 24.3 Å². The molecule has 2 aromatic carbocycles. The fraction of sp³-hybridized carbons (Fsp3) is 0.517. The van der Waals surface area contributed by atoms with Gasteiger partial charge in [-0.15, -0.1) is 0 Å². The minimum atomic E-state index is -1.08. The van der Waals surface area contributed by atoms with Crippen molar-refractivity contribution < 1.29 is 14.6 Å². The van der Waals surface area contributed by atoms with E-state index in [1.165, 1.54) is 12.0 Å². The van der Waals surface area contributed by atoms with E-state index in [1.54, 1.807) is 0 Å². The van der Waals surface area contributed by atoms with E-state index in [9.17, 15) is 9.90 Å². The summed E-state index contributed by atoms with van der Waals surface area (Å²) in [5, 5.41) is 19.2. The average Bonchev–Trinajstić information content (AvgIpc) is 3.26. The highest BCUT2D eigenvalue weighted by atomic mass is 16.5. The number of guanidine groups is 1. The third kappa shape index (κ3) is 5.08. The van der Waals surface area contributed by atoms with Gasteiger partial charge in [0, 0.05) is 31.7 Å². The molecular weight excluding hydrogens is 438 g/mol. The summed E-state index contributed by atoms with van der Waals surface area (Å²) >= 11 is 0. The molecule has 1 fully saturated rings. The predicted octanol–water partition coefficient (Wildman–Crippen LogP) is 5.96. The van der Waals surface area contributed by atoms with Gasteiger partial charge in [-0.25, -0.2) is 4.79 Å². The van der Waals surface area contributed by atoms with Crippen molar-refractivity contribution in [2.24, 2.45) is 0 Å². The molecule has 6 heteroatoms. The van der Waals surface area contributed by atoms with Crippen LogP contribution in [0, 0.1) is 26.2 Å². The van der Waals surface area contributed by atoms with Crippen molar-refractivity contribution in [2.45, 2.75) is 85.6 Å². The molecule has 0 aliphatic carbocycles. The second-order valence-corrected chi connectivity index (χ2v) is 11.0. The summed E-state index contributed by atoms with van der Waals surface area (Å²) in [6.45, 7) is 15.0. The van der Waals surface area contributed by atoms with Crippen molar-refractivity contribution in [3.8, 4) is 11.1 Å². The molecule has 2 heterocycles. The molecule has 1 saturated heterocycles. The number of aryl methyl sites for hydroxylation is 1. The van der Waals surface area contributed by atoms with Crippen molar-refractivity contribution in [2.75, 3.05) is 13.1 Å². The van der Waals surface area contributed by atoms with E-state index in [1.807, 2.05) is 27.7 Å². The van der Waals surface area contributed by atoms with E-state index >= 15 is 0 Å². The fourth-order valence-corrected chi connectivity index (χ4v) is 5.48. The number of piperidine rings is 1. The molecule has 0 bridgehead atoms. The van der Waals surface area contributed by atoms with Crippen LogP contribution in [0.1, 0.15) is 79.5 Å². The zero-order valence-electron chi connectivity index (χ0n) is 22.0. The van der Waals surface area contributed by atoms with Gasteiger partial charge in [-0.2, -0.15) is 0 Å². The first-order chi connectivity index (χ1) is 16.5. The van der Waals surface area contributed by atoms with Crippen LogP contribution < -0.4 is 0 Å². The van der Waals surface area contributed by atoms with Crippen LogP contribution in [-0.2, 0) is 22.6 Å². The van der Waals surface area contributed by atoms with E-state index in [2.05, 4.69) is 47.9 Å². The molecule has 6 nitrogen and oxygen atoms in total. The Bertz CT molecular complexity index is 1130. The Balaban J connectivity index is 1.85. The van der Waals surface area contributed by atoms with Crippen molar-refractivity contribution in [1.29, 1.82) is 5.41 Å². The summed E-state index contributed by atoms with van der Waals surface area (Å²) < 4.78 is 6.17. The number of aliphatic carboxylic acids is 1. The molecule has 1 unspecified atom stereocenters. The van der Waals surface area contributed by atoms with Crippen LogP contribution in [-0.4, -0.2) is 45.5 Å². The van der Waals surface area contributed by atoms with Gasteiger partial charge >= 0.3 is 5.97 Å². The van der Waals surface area contributed by atoms with Crippen LogP contribution in [0.5, 0.6) is 0 Å². The van der Waals surface area contributed by atoms with Gasteiger partial charge < -0.3 is 19.6 Å². The molecular formula is C29H39N3O3. The summed E-state index contributed by atoms with van der Waals surface area (Å²) in [5.74, 6) is -0.398. The van der Waals surface area contributed by atoms with Crippen LogP contribution in [0.3, 0.4) is 0 Å². The molecule has 0 spiro atoms. The Hall–Kier alpha value is -2.86. The number of rotatable bonds is 4. The highest BCUT2D eigenvalue weighted by molar-refractivity contribution is 5.85. The van der Waals surface area contributed by atoms with E-state index in [-0.39, 0.29) is 0 Å². The maximum absolute atomic E-state index is 12.6. The van der Waals surface area contributed by atoms with E-state index < -0.39 is 17.7 Å². The third-order valence-electron chi connectivity index (χ3n) is 7.27. The van der Waals surface area contributed by atoms with E-state index in [0.29, 0.717) is 19.0 Å². The first-order valence-electron chi connectivity index (χ1n) is 12.7. The predicted molar refractivity (Wildman–Crippen MR) is 140 cm³/mol. The lowest BCUT2D eigenvalue weighted by Crippen LogP contribution is -2.43. The number of carbonyl (C=O) groups is 1. The number of benzene rings is 2. The lowest BCUT2D eigenvalue weighted by atomic mass is 9.83. The summed E-state index contributed by atoms with van der Waals surface area (Å²) in [4.78, 5) is 16.9. The third-order valence-corrected chi connectivity index (χ3v) is 7.27. The SMILES string of the molecule is Cc1ccc(-c2c(C)c3c(c(C)c2C(OC(C)(C)C)C(=O)O)CN(C(=N)N2CCCCC2)C3)cc1. The van der Waals surface area contributed by atoms with Crippen molar-refractivity contribution in [3.63, 3.8) is 0 Å². The molecule has 4 rings (SSSR count). The summed E-state index contributed by atoms with van der Waals surface area (Å²) in [5.41, 5.74) is 7.63. The molecule has 2 aliphatic rings. The standard InChI is InChI=1S/C29H39N3O3/c1-18-10-12-21(13-11-18)24-19(2)22-16-32(28(30)31-14-8-7-9-15-31)17-23(22)20(3)25(24)26(27(33)34)35-29(4,5)6/h10-13,26,30H,7-9,14-17H2,1-6H3,(H,33,34). The zero-order chi connectivity index (χ0) is 25.5. The smallest absolute Gasteiger partial charge is 0.337 e. The molecule has 1 atom stereocenters. The Morgan fingerprint density at radius 2 is 1.51 bits per heavy atom. The molecule has 2 aliphatic heterocycles. The van der Waals surface area contributed by atoms with Crippen LogP contribution >= 0.6 is 0 Å². The van der Waals surface area contributed by atoms with Gasteiger partial charge in [-0.1, -0.05) is 29.8 Å². The summed E-state index contributed by atoms with van der Waals surface area (Å²) in [7, 11) is 0. The van der Waals surface area contributed by atoms with E-state index in [0.717, 1.165) is 64.9 Å². The van der Waals surface area contributed by atoms with Gasteiger partial charge in [0.1, 0.15) is 0 Å². The Morgan fingerprint density at radius 3 is 2.06 bits per heavy atom. The second kappa shape index (κ2) is 9.65.